The van der Waals surface area contributed by atoms with Gasteiger partial charge < -0.3 is 9.64 Å². The number of aromatic nitrogens is 3. The maximum atomic E-state index is 12.3. The molecule has 7 nitrogen and oxygen atoms in total. The van der Waals surface area contributed by atoms with Gasteiger partial charge in [0, 0.05) is 19.8 Å². The van der Waals surface area contributed by atoms with Crippen molar-refractivity contribution in [1.29, 1.82) is 0 Å². The van der Waals surface area contributed by atoms with Gasteiger partial charge in [0.2, 0.25) is 0 Å². The second kappa shape index (κ2) is 6.49. The number of carbonyl (C=O) groups is 1. The molecule has 0 radical (unpaired) electrons. The number of nitrogens with zero attached hydrogens (tertiary/aromatic N) is 4. The molecule has 0 bridgehead atoms. The molecule has 1 heterocycles. The minimum absolute atomic E-state index is 0.287. The Bertz CT molecular complexity index is 932. The first-order chi connectivity index (χ1) is 11.6. The second-order valence-corrected chi connectivity index (χ2v) is 5.41. The maximum Gasteiger partial charge on any atom is 0.339 e. The molecule has 2 aromatic carbocycles. The van der Waals surface area contributed by atoms with E-state index in [-0.39, 0.29) is 12.3 Å². The van der Waals surface area contributed by atoms with Crippen LogP contribution in [0.4, 0.5) is 5.69 Å². The zero-order chi connectivity index (χ0) is 17.1. The standard InChI is InChI=1S/C17H16N4O3/c1-20(2)13-9-7-12(8-10-13)17(23)24-11-21-16(22)14-5-3-4-6-15(14)18-19-21/h3-10H,11H2,1-2H3. The fraction of sp³-hybridized carbons (Fsp3) is 0.176. The van der Waals surface area contributed by atoms with Crippen molar-refractivity contribution < 1.29 is 9.53 Å². The summed E-state index contributed by atoms with van der Waals surface area (Å²) in [6, 6.07) is 13.9. The predicted octanol–water partition coefficient (Wildman–Crippen LogP) is 1.67. The molecule has 122 valence electrons. The maximum absolute atomic E-state index is 12.3. The number of benzene rings is 2. The summed E-state index contributed by atoms with van der Waals surface area (Å²) in [7, 11) is 3.83. The topological polar surface area (TPSA) is 77.3 Å². The highest BCUT2D eigenvalue weighted by Gasteiger charge is 2.10. The van der Waals surface area contributed by atoms with Gasteiger partial charge in [-0.2, -0.15) is 4.68 Å². The van der Waals surface area contributed by atoms with Gasteiger partial charge >= 0.3 is 5.97 Å². The number of esters is 1. The van der Waals surface area contributed by atoms with Gasteiger partial charge in [0.15, 0.2) is 6.73 Å². The summed E-state index contributed by atoms with van der Waals surface area (Å²) >= 11 is 0. The third-order valence-corrected chi connectivity index (χ3v) is 3.57. The molecule has 0 fully saturated rings. The van der Waals surface area contributed by atoms with E-state index >= 15 is 0 Å². The van der Waals surface area contributed by atoms with Crippen LogP contribution in [0.1, 0.15) is 10.4 Å². The van der Waals surface area contributed by atoms with E-state index in [1.807, 2.05) is 31.1 Å². The van der Waals surface area contributed by atoms with Crippen molar-refractivity contribution in [1.82, 2.24) is 15.0 Å². The fourth-order valence-electron chi connectivity index (χ4n) is 2.21. The van der Waals surface area contributed by atoms with E-state index in [2.05, 4.69) is 10.3 Å². The van der Waals surface area contributed by atoms with Crippen LogP contribution in [0.3, 0.4) is 0 Å². The molecule has 7 heteroatoms. The number of hydrogen-bond donors (Lipinski definition) is 0. The van der Waals surface area contributed by atoms with Crippen LogP contribution in [0.15, 0.2) is 53.3 Å². The van der Waals surface area contributed by atoms with Crippen molar-refractivity contribution in [3.8, 4) is 0 Å². The van der Waals surface area contributed by atoms with E-state index in [1.165, 1.54) is 0 Å². The molecule has 0 saturated carbocycles. The summed E-state index contributed by atoms with van der Waals surface area (Å²) in [5.41, 5.74) is 1.53. The SMILES string of the molecule is CN(C)c1ccc(C(=O)OCn2nnc3ccccc3c2=O)cc1. The van der Waals surface area contributed by atoms with E-state index in [0.29, 0.717) is 16.5 Å². The number of carbonyl (C=O) groups excluding carboxylic acids is 1. The molecule has 0 aliphatic carbocycles. The minimum Gasteiger partial charge on any atom is -0.439 e. The normalized spacial score (nSPS) is 10.6. The molecule has 0 saturated heterocycles. The first-order valence-electron chi connectivity index (χ1n) is 7.33. The monoisotopic (exact) mass is 324 g/mol. The third-order valence-electron chi connectivity index (χ3n) is 3.57. The lowest BCUT2D eigenvalue weighted by atomic mass is 10.2. The number of ether oxygens (including phenoxy) is 1. The lowest BCUT2D eigenvalue weighted by Gasteiger charge is -2.12. The molecule has 0 amide bonds. The Morgan fingerprint density at radius 1 is 1.12 bits per heavy atom. The Morgan fingerprint density at radius 2 is 1.83 bits per heavy atom. The third kappa shape index (κ3) is 3.10. The second-order valence-electron chi connectivity index (χ2n) is 5.41. The molecular formula is C17H16N4O3. The van der Waals surface area contributed by atoms with Gasteiger partial charge in [-0.15, -0.1) is 5.10 Å². The van der Waals surface area contributed by atoms with Crippen LogP contribution in [0, 0.1) is 0 Å². The summed E-state index contributed by atoms with van der Waals surface area (Å²) in [5, 5.41) is 8.15. The Kier molecular flexibility index (Phi) is 4.24. The van der Waals surface area contributed by atoms with Crippen LogP contribution in [-0.2, 0) is 11.5 Å². The summed E-state index contributed by atoms with van der Waals surface area (Å²) in [5.74, 6) is -0.526. The number of anilines is 1. The lowest BCUT2D eigenvalue weighted by Crippen LogP contribution is -2.26. The first-order valence-corrected chi connectivity index (χ1v) is 7.33. The van der Waals surface area contributed by atoms with Gasteiger partial charge in [-0.3, -0.25) is 4.79 Å². The summed E-state index contributed by atoms with van der Waals surface area (Å²) < 4.78 is 6.17. The summed E-state index contributed by atoms with van der Waals surface area (Å²) in [6.07, 6.45) is 0. The van der Waals surface area contributed by atoms with Crippen LogP contribution < -0.4 is 10.5 Å². The van der Waals surface area contributed by atoms with Gasteiger partial charge in [0.25, 0.3) is 5.56 Å². The van der Waals surface area contributed by atoms with Crippen molar-refractivity contribution in [2.75, 3.05) is 19.0 Å². The number of rotatable bonds is 4. The summed E-state index contributed by atoms with van der Waals surface area (Å²) in [4.78, 5) is 26.3. The Hall–Kier alpha value is -3.22. The van der Waals surface area contributed by atoms with Crippen LogP contribution >= 0.6 is 0 Å². The number of fused-ring (bicyclic) bond motifs is 1. The van der Waals surface area contributed by atoms with E-state index in [9.17, 15) is 9.59 Å². The highest BCUT2D eigenvalue weighted by molar-refractivity contribution is 5.89. The largest absolute Gasteiger partial charge is 0.439 e. The van der Waals surface area contributed by atoms with Crippen LogP contribution in [0.25, 0.3) is 10.9 Å². The van der Waals surface area contributed by atoms with Crippen molar-refractivity contribution in [2.45, 2.75) is 6.73 Å². The molecule has 24 heavy (non-hydrogen) atoms. The van der Waals surface area contributed by atoms with Gasteiger partial charge in [-0.05, 0) is 36.4 Å². The Labute approximate surface area is 138 Å². The summed E-state index contributed by atoms with van der Waals surface area (Å²) in [6.45, 7) is -0.287. The number of hydrogen-bond acceptors (Lipinski definition) is 6. The Morgan fingerprint density at radius 3 is 2.54 bits per heavy atom. The van der Waals surface area contributed by atoms with Crippen molar-refractivity contribution in [3.63, 3.8) is 0 Å². The van der Waals surface area contributed by atoms with Crippen molar-refractivity contribution in [3.05, 3.63) is 64.4 Å². The van der Waals surface area contributed by atoms with E-state index < -0.39 is 5.97 Å². The van der Waals surface area contributed by atoms with Crippen molar-refractivity contribution >= 4 is 22.6 Å². The van der Waals surface area contributed by atoms with E-state index in [4.69, 9.17) is 4.74 Å². The minimum atomic E-state index is -0.526. The molecule has 1 aromatic heterocycles. The molecule has 0 aliphatic heterocycles. The van der Waals surface area contributed by atoms with E-state index in [1.54, 1.807) is 36.4 Å². The highest BCUT2D eigenvalue weighted by Crippen LogP contribution is 2.13. The first kappa shape index (κ1) is 15.7. The van der Waals surface area contributed by atoms with Gasteiger partial charge in [-0.25, -0.2) is 4.79 Å². The van der Waals surface area contributed by atoms with E-state index in [0.717, 1.165) is 10.4 Å². The molecule has 0 N–H and O–H groups in total. The molecule has 0 aliphatic rings. The zero-order valence-corrected chi connectivity index (χ0v) is 13.3. The molecule has 0 unspecified atom stereocenters. The average Bonchev–Trinajstić information content (AvgIpc) is 2.61. The molecule has 0 atom stereocenters. The molecule has 0 spiro atoms. The van der Waals surface area contributed by atoms with Crippen LogP contribution in [-0.4, -0.2) is 35.1 Å². The molecular weight excluding hydrogens is 308 g/mol. The highest BCUT2D eigenvalue weighted by atomic mass is 16.5. The smallest absolute Gasteiger partial charge is 0.339 e. The molecule has 3 aromatic rings. The van der Waals surface area contributed by atoms with Crippen LogP contribution in [0.5, 0.6) is 0 Å². The van der Waals surface area contributed by atoms with Gasteiger partial charge in [0.05, 0.1) is 10.9 Å². The lowest BCUT2D eigenvalue weighted by molar-refractivity contribution is 0.0336. The van der Waals surface area contributed by atoms with Gasteiger partial charge in [-0.1, -0.05) is 17.3 Å². The zero-order valence-electron chi connectivity index (χ0n) is 13.3. The average molecular weight is 324 g/mol. The van der Waals surface area contributed by atoms with Crippen LogP contribution in [0.2, 0.25) is 0 Å². The Balaban J connectivity index is 1.74. The fourth-order valence-corrected chi connectivity index (χ4v) is 2.21. The van der Waals surface area contributed by atoms with Crippen molar-refractivity contribution in [2.24, 2.45) is 0 Å². The van der Waals surface area contributed by atoms with Gasteiger partial charge in [0.1, 0.15) is 5.52 Å². The quantitative estimate of drug-likeness (QED) is 0.680. The molecule has 3 rings (SSSR count). The predicted molar refractivity (Wildman–Crippen MR) is 90.0 cm³/mol.